The molecule has 152 valence electrons. The molecule has 2 saturated heterocycles. The van der Waals surface area contributed by atoms with Crippen LogP contribution in [0.2, 0.25) is 0 Å². The SMILES string of the molecule is CC(=O)NCC1O[C@H](O[C@H]2OC(CO)[C@@H](O)C(O)[C@H]2O)C(O)[C@@H](O)[C@@H]1O. The van der Waals surface area contributed by atoms with Crippen LogP contribution >= 0.6 is 0 Å². The van der Waals surface area contributed by atoms with Gasteiger partial charge in [0.05, 0.1) is 6.61 Å². The summed E-state index contributed by atoms with van der Waals surface area (Å²) in [5.74, 6) is -0.409. The molecule has 12 heteroatoms. The molecule has 0 radical (unpaired) electrons. The average Bonchev–Trinajstić information content (AvgIpc) is 2.61. The summed E-state index contributed by atoms with van der Waals surface area (Å²) in [6.45, 7) is 0.378. The third-order valence-corrected chi connectivity index (χ3v) is 4.34. The number of aliphatic hydroxyl groups is 7. The molecule has 2 fully saturated rings. The highest BCUT2D eigenvalue weighted by atomic mass is 16.8. The molecule has 2 aliphatic rings. The van der Waals surface area contributed by atoms with Crippen molar-refractivity contribution in [1.29, 1.82) is 0 Å². The maximum Gasteiger partial charge on any atom is 0.216 e. The molecule has 2 aliphatic heterocycles. The first kappa shape index (κ1) is 21.4. The lowest BCUT2D eigenvalue weighted by Crippen LogP contribution is -2.64. The summed E-state index contributed by atoms with van der Waals surface area (Å²) in [6.07, 6.45) is -15.5. The highest BCUT2D eigenvalue weighted by molar-refractivity contribution is 5.72. The minimum Gasteiger partial charge on any atom is -0.394 e. The van der Waals surface area contributed by atoms with Crippen molar-refractivity contribution in [2.24, 2.45) is 0 Å². The molecule has 2 heterocycles. The minimum atomic E-state index is -1.73. The number of carbonyl (C=O) groups excluding carboxylic acids is 1. The molecule has 0 bridgehead atoms. The van der Waals surface area contributed by atoms with E-state index in [4.69, 9.17) is 19.3 Å². The summed E-state index contributed by atoms with van der Waals surface area (Å²) in [6, 6.07) is 0. The first-order chi connectivity index (χ1) is 12.2. The molecule has 10 atom stereocenters. The lowest BCUT2D eigenvalue weighted by molar-refractivity contribution is -0.374. The van der Waals surface area contributed by atoms with Crippen molar-refractivity contribution in [2.75, 3.05) is 13.2 Å². The first-order valence-corrected chi connectivity index (χ1v) is 8.07. The summed E-state index contributed by atoms with van der Waals surface area (Å²) < 4.78 is 15.7. The van der Waals surface area contributed by atoms with E-state index < -0.39 is 73.9 Å². The van der Waals surface area contributed by atoms with Crippen molar-refractivity contribution in [1.82, 2.24) is 5.32 Å². The van der Waals surface area contributed by atoms with Crippen LogP contribution in [0.25, 0.3) is 0 Å². The summed E-state index contributed by atoms with van der Waals surface area (Å²) in [4.78, 5) is 11.0. The van der Waals surface area contributed by atoms with Gasteiger partial charge < -0.3 is 55.3 Å². The Bertz CT molecular complexity index is 478. The second kappa shape index (κ2) is 8.84. The van der Waals surface area contributed by atoms with Crippen LogP contribution in [0.1, 0.15) is 6.92 Å². The highest BCUT2D eigenvalue weighted by Crippen LogP contribution is 2.27. The third kappa shape index (κ3) is 4.48. The summed E-state index contributed by atoms with van der Waals surface area (Å²) >= 11 is 0. The number of nitrogens with one attached hydrogen (secondary N) is 1. The molecule has 2 rings (SSSR count). The molecule has 4 unspecified atom stereocenters. The van der Waals surface area contributed by atoms with E-state index in [1.54, 1.807) is 0 Å². The molecule has 0 aromatic rings. The van der Waals surface area contributed by atoms with Gasteiger partial charge in [-0.15, -0.1) is 0 Å². The zero-order valence-electron chi connectivity index (χ0n) is 14.0. The number of aliphatic hydroxyl groups excluding tert-OH is 7. The molecule has 0 aromatic carbocycles. The van der Waals surface area contributed by atoms with Crippen LogP contribution < -0.4 is 5.32 Å². The van der Waals surface area contributed by atoms with Crippen LogP contribution in [0.5, 0.6) is 0 Å². The van der Waals surface area contributed by atoms with E-state index in [0.29, 0.717) is 0 Å². The number of ether oxygens (including phenoxy) is 3. The Kier molecular flexibility index (Phi) is 7.27. The topological polar surface area (TPSA) is 198 Å². The van der Waals surface area contributed by atoms with Crippen LogP contribution in [0.3, 0.4) is 0 Å². The molecule has 1 amide bonds. The quantitative estimate of drug-likeness (QED) is 0.226. The Morgan fingerprint density at radius 3 is 1.77 bits per heavy atom. The van der Waals surface area contributed by atoms with Gasteiger partial charge in [0.2, 0.25) is 5.91 Å². The molecular formula is C14H25NO11. The zero-order valence-corrected chi connectivity index (χ0v) is 14.0. The second-order valence-corrected chi connectivity index (χ2v) is 6.29. The van der Waals surface area contributed by atoms with Crippen LogP contribution in [-0.4, -0.2) is 116 Å². The molecule has 0 spiro atoms. The van der Waals surface area contributed by atoms with E-state index in [-0.39, 0.29) is 6.54 Å². The fourth-order valence-corrected chi connectivity index (χ4v) is 2.75. The fourth-order valence-electron chi connectivity index (χ4n) is 2.75. The van der Waals surface area contributed by atoms with Gasteiger partial charge in [0.1, 0.15) is 48.8 Å². The number of carbonyl (C=O) groups is 1. The van der Waals surface area contributed by atoms with Crippen molar-refractivity contribution >= 4 is 5.91 Å². The van der Waals surface area contributed by atoms with Gasteiger partial charge in [0.15, 0.2) is 12.6 Å². The van der Waals surface area contributed by atoms with Gasteiger partial charge >= 0.3 is 0 Å². The molecule has 0 aromatic heterocycles. The maximum atomic E-state index is 11.0. The normalized spacial score (nSPS) is 46.8. The van der Waals surface area contributed by atoms with E-state index in [1.165, 1.54) is 6.92 Å². The van der Waals surface area contributed by atoms with Crippen molar-refractivity contribution in [2.45, 2.75) is 68.3 Å². The second-order valence-electron chi connectivity index (χ2n) is 6.29. The molecule has 26 heavy (non-hydrogen) atoms. The van der Waals surface area contributed by atoms with Gasteiger partial charge in [-0.05, 0) is 0 Å². The third-order valence-electron chi connectivity index (χ3n) is 4.34. The summed E-state index contributed by atoms with van der Waals surface area (Å²) in [7, 11) is 0. The van der Waals surface area contributed by atoms with Crippen molar-refractivity contribution in [3.8, 4) is 0 Å². The van der Waals surface area contributed by atoms with Crippen molar-refractivity contribution in [3.63, 3.8) is 0 Å². The molecule has 12 nitrogen and oxygen atoms in total. The van der Waals surface area contributed by atoms with Crippen LogP contribution in [-0.2, 0) is 19.0 Å². The van der Waals surface area contributed by atoms with Gasteiger partial charge in [0.25, 0.3) is 0 Å². The average molecular weight is 383 g/mol. The number of amides is 1. The number of hydrogen-bond acceptors (Lipinski definition) is 11. The van der Waals surface area contributed by atoms with Crippen molar-refractivity contribution in [3.05, 3.63) is 0 Å². The maximum absolute atomic E-state index is 11.0. The Balaban J connectivity index is 2.07. The van der Waals surface area contributed by atoms with E-state index >= 15 is 0 Å². The molecule has 8 N–H and O–H groups in total. The molecule has 0 aliphatic carbocycles. The number of rotatable bonds is 5. The lowest BCUT2D eigenvalue weighted by atomic mass is 9.98. The Morgan fingerprint density at radius 2 is 1.31 bits per heavy atom. The zero-order chi connectivity index (χ0) is 19.6. The van der Waals surface area contributed by atoms with Crippen LogP contribution in [0, 0.1) is 0 Å². The molecule has 0 saturated carbocycles. The summed E-state index contributed by atoms with van der Waals surface area (Å²) in [5.41, 5.74) is 0. The van der Waals surface area contributed by atoms with Gasteiger partial charge in [-0.2, -0.15) is 0 Å². The van der Waals surface area contributed by atoms with Crippen LogP contribution in [0.4, 0.5) is 0 Å². The molecular weight excluding hydrogens is 358 g/mol. The fraction of sp³-hybridized carbons (Fsp3) is 0.929. The first-order valence-electron chi connectivity index (χ1n) is 8.07. The Labute approximate surface area is 148 Å². The van der Waals surface area contributed by atoms with E-state index in [0.717, 1.165) is 0 Å². The predicted molar refractivity (Wildman–Crippen MR) is 80.2 cm³/mol. The predicted octanol–water partition coefficient (Wildman–Crippen LogP) is -5.25. The highest BCUT2D eigenvalue weighted by Gasteiger charge is 2.49. The van der Waals surface area contributed by atoms with Gasteiger partial charge in [0, 0.05) is 13.5 Å². The monoisotopic (exact) mass is 383 g/mol. The number of hydrogen-bond donors (Lipinski definition) is 8. The van der Waals surface area contributed by atoms with Gasteiger partial charge in [-0.25, -0.2) is 0 Å². The van der Waals surface area contributed by atoms with Crippen LogP contribution in [0.15, 0.2) is 0 Å². The van der Waals surface area contributed by atoms with E-state index in [1.807, 2.05) is 0 Å². The lowest BCUT2D eigenvalue weighted by Gasteiger charge is -2.44. The summed E-state index contributed by atoms with van der Waals surface area (Å²) in [5, 5.41) is 70.8. The van der Waals surface area contributed by atoms with Gasteiger partial charge in [-0.1, -0.05) is 0 Å². The standard InChI is InChI=1S/C14H25NO11/c1-4(17)15-2-5-7(18)9(20)11(22)13(24-5)26-14-12(23)10(21)8(19)6(3-16)25-14/h5-14,16,18-23H,2-3H2,1H3,(H,15,17)/t5?,6?,7-,8-,9+,10?,11?,12-,13-,14-/m1/s1. The Hall–Kier alpha value is -0.930. The minimum absolute atomic E-state index is 0.186. The van der Waals surface area contributed by atoms with E-state index in [2.05, 4.69) is 5.32 Å². The van der Waals surface area contributed by atoms with Crippen molar-refractivity contribution < 1.29 is 54.8 Å². The van der Waals surface area contributed by atoms with Gasteiger partial charge in [-0.3, -0.25) is 4.79 Å². The Morgan fingerprint density at radius 1 is 0.846 bits per heavy atom. The van der Waals surface area contributed by atoms with E-state index in [9.17, 15) is 35.4 Å². The largest absolute Gasteiger partial charge is 0.394 e. The smallest absolute Gasteiger partial charge is 0.216 e.